The highest BCUT2D eigenvalue weighted by Gasteiger charge is 2.26. The average molecular weight is 320 g/mol. The van der Waals surface area contributed by atoms with Crippen LogP contribution in [0.5, 0.6) is 11.5 Å². The maximum absolute atomic E-state index is 12.3. The normalized spacial score (nSPS) is 17.5. The first-order valence-corrected chi connectivity index (χ1v) is 7.79. The van der Waals surface area contributed by atoms with Crippen molar-refractivity contribution in [1.29, 1.82) is 0 Å². The number of ether oxygens (including phenoxy) is 2. The van der Waals surface area contributed by atoms with Crippen LogP contribution in [-0.2, 0) is 16.1 Å². The highest BCUT2D eigenvalue weighted by Crippen LogP contribution is 2.27. The van der Waals surface area contributed by atoms with E-state index in [1.54, 1.807) is 26.0 Å². The van der Waals surface area contributed by atoms with Crippen LogP contribution in [0.25, 0.3) is 0 Å². The van der Waals surface area contributed by atoms with Gasteiger partial charge in [-0.15, -0.1) is 0 Å². The first kappa shape index (κ1) is 17.1. The second kappa shape index (κ2) is 7.85. The van der Waals surface area contributed by atoms with E-state index in [0.29, 0.717) is 24.6 Å². The zero-order valence-electron chi connectivity index (χ0n) is 13.9. The largest absolute Gasteiger partial charge is 0.493 e. The van der Waals surface area contributed by atoms with Crippen molar-refractivity contribution in [3.8, 4) is 11.5 Å². The summed E-state index contributed by atoms with van der Waals surface area (Å²) in [6.45, 7) is 3.22. The van der Waals surface area contributed by atoms with Gasteiger partial charge < -0.3 is 19.7 Å². The Balaban J connectivity index is 1.92. The quantitative estimate of drug-likeness (QED) is 0.894. The van der Waals surface area contributed by atoms with Gasteiger partial charge in [0.2, 0.25) is 11.8 Å². The van der Waals surface area contributed by atoms with Gasteiger partial charge in [-0.3, -0.25) is 9.59 Å². The summed E-state index contributed by atoms with van der Waals surface area (Å²) in [5, 5.41) is 2.94. The summed E-state index contributed by atoms with van der Waals surface area (Å²) >= 11 is 0. The molecule has 1 aromatic carbocycles. The van der Waals surface area contributed by atoms with Crippen LogP contribution in [0.2, 0.25) is 0 Å². The van der Waals surface area contributed by atoms with Crippen LogP contribution in [0.3, 0.4) is 0 Å². The smallest absolute Gasteiger partial charge is 0.225 e. The van der Waals surface area contributed by atoms with E-state index in [-0.39, 0.29) is 17.7 Å². The summed E-state index contributed by atoms with van der Waals surface area (Å²) in [4.78, 5) is 25.5. The van der Waals surface area contributed by atoms with Crippen molar-refractivity contribution in [2.24, 2.45) is 5.92 Å². The molecule has 6 heteroatoms. The minimum Gasteiger partial charge on any atom is -0.493 e. The molecule has 1 saturated heterocycles. The lowest BCUT2D eigenvalue weighted by atomic mass is 9.97. The number of nitrogens with one attached hydrogen (secondary N) is 1. The Kier molecular flexibility index (Phi) is 5.84. The Morgan fingerprint density at radius 3 is 2.65 bits per heavy atom. The third-order valence-corrected chi connectivity index (χ3v) is 4.15. The van der Waals surface area contributed by atoms with Crippen LogP contribution in [0, 0.1) is 5.92 Å². The lowest BCUT2D eigenvalue weighted by Gasteiger charge is -2.31. The molecule has 1 heterocycles. The standard InChI is InChI=1S/C17H24N2O4/c1-12(20)19-8-4-5-14(11-19)17(21)18-10-13-6-7-15(22-2)16(9-13)23-3/h6-7,9,14H,4-5,8,10-11H2,1-3H3,(H,18,21). The van der Waals surface area contributed by atoms with Crippen molar-refractivity contribution in [3.05, 3.63) is 23.8 Å². The Morgan fingerprint density at radius 1 is 1.26 bits per heavy atom. The summed E-state index contributed by atoms with van der Waals surface area (Å²) in [5.74, 6) is 1.19. The molecule has 0 saturated carbocycles. The van der Waals surface area contributed by atoms with E-state index in [0.717, 1.165) is 24.9 Å². The van der Waals surface area contributed by atoms with Crippen molar-refractivity contribution in [2.45, 2.75) is 26.3 Å². The fourth-order valence-electron chi connectivity index (χ4n) is 2.80. The second-order valence-corrected chi connectivity index (χ2v) is 5.71. The van der Waals surface area contributed by atoms with Gasteiger partial charge >= 0.3 is 0 Å². The van der Waals surface area contributed by atoms with E-state index in [1.165, 1.54) is 0 Å². The molecule has 0 radical (unpaired) electrons. The number of hydrogen-bond donors (Lipinski definition) is 1. The van der Waals surface area contributed by atoms with Crippen molar-refractivity contribution >= 4 is 11.8 Å². The molecule has 2 amide bonds. The molecule has 23 heavy (non-hydrogen) atoms. The summed E-state index contributed by atoms with van der Waals surface area (Å²) in [6.07, 6.45) is 1.69. The van der Waals surface area contributed by atoms with Crippen LogP contribution in [0.1, 0.15) is 25.3 Å². The van der Waals surface area contributed by atoms with Crippen molar-refractivity contribution < 1.29 is 19.1 Å². The number of likely N-dealkylation sites (tertiary alicyclic amines) is 1. The molecule has 1 fully saturated rings. The first-order chi connectivity index (χ1) is 11.0. The zero-order chi connectivity index (χ0) is 16.8. The predicted molar refractivity (Wildman–Crippen MR) is 86.4 cm³/mol. The molecule has 0 aliphatic carbocycles. The molecule has 1 atom stereocenters. The molecular formula is C17H24N2O4. The van der Waals surface area contributed by atoms with E-state index >= 15 is 0 Å². The van der Waals surface area contributed by atoms with E-state index in [4.69, 9.17) is 9.47 Å². The van der Waals surface area contributed by atoms with Gasteiger partial charge in [-0.25, -0.2) is 0 Å². The SMILES string of the molecule is COc1ccc(CNC(=O)C2CCCN(C(C)=O)C2)cc1OC. The number of carbonyl (C=O) groups is 2. The Bertz CT molecular complexity index is 574. The number of methoxy groups -OCH3 is 2. The molecule has 1 aliphatic heterocycles. The van der Waals surface area contributed by atoms with E-state index in [9.17, 15) is 9.59 Å². The van der Waals surface area contributed by atoms with E-state index in [1.807, 2.05) is 18.2 Å². The highest BCUT2D eigenvalue weighted by molar-refractivity contribution is 5.80. The topological polar surface area (TPSA) is 67.9 Å². The van der Waals surface area contributed by atoms with Crippen LogP contribution in [0.15, 0.2) is 18.2 Å². The van der Waals surface area contributed by atoms with E-state index < -0.39 is 0 Å². The number of hydrogen-bond acceptors (Lipinski definition) is 4. The highest BCUT2D eigenvalue weighted by atomic mass is 16.5. The Morgan fingerprint density at radius 2 is 2.00 bits per heavy atom. The maximum atomic E-state index is 12.3. The lowest BCUT2D eigenvalue weighted by Crippen LogP contribution is -2.44. The monoisotopic (exact) mass is 320 g/mol. The Labute approximate surface area is 136 Å². The molecule has 1 aromatic rings. The third kappa shape index (κ3) is 4.37. The number of piperidine rings is 1. The fraction of sp³-hybridized carbons (Fsp3) is 0.529. The van der Waals surface area contributed by atoms with E-state index in [2.05, 4.69) is 5.32 Å². The van der Waals surface area contributed by atoms with Crippen molar-refractivity contribution in [1.82, 2.24) is 10.2 Å². The van der Waals surface area contributed by atoms with Gasteiger partial charge in [0, 0.05) is 26.6 Å². The van der Waals surface area contributed by atoms with Gasteiger partial charge in [-0.1, -0.05) is 6.07 Å². The van der Waals surface area contributed by atoms with Crippen LogP contribution < -0.4 is 14.8 Å². The van der Waals surface area contributed by atoms with Crippen LogP contribution >= 0.6 is 0 Å². The number of benzene rings is 1. The van der Waals surface area contributed by atoms with Gasteiger partial charge in [0.15, 0.2) is 11.5 Å². The summed E-state index contributed by atoms with van der Waals surface area (Å²) in [7, 11) is 3.17. The molecule has 0 bridgehead atoms. The van der Waals surface area contributed by atoms with Gasteiger partial charge in [-0.2, -0.15) is 0 Å². The molecule has 1 unspecified atom stereocenters. The van der Waals surface area contributed by atoms with Gasteiger partial charge in [0.25, 0.3) is 0 Å². The molecule has 1 aliphatic rings. The number of rotatable bonds is 5. The average Bonchev–Trinajstić information content (AvgIpc) is 2.59. The zero-order valence-corrected chi connectivity index (χ0v) is 13.9. The molecule has 2 rings (SSSR count). The minimum atomic E-state index is -0.132. The molecule has 0 spiro atoms. The molecule has 126 valence electrons. The van der Waals surface area contributed by atoms with Crippen molar-refractivity contribution in [3.63, 3.8) is 0 Å². The first-order valence-electron chi connectivity index (χ1n) is 7.79. The van der Waals surface area contributed by atoms with Crippen LogP contribution in [0.4, 0.5) is 0 Å². The lowest BCUT2D eigenvalue weighted by molar-refractivity contribution is -0.134. The molecule has 6 nitrogen and oxygen atoms in total. The van der Waals surface area contributed by atoms with Gasteiger partial charge in [0.1, 0.15) is 0 Å². The van der Waals surface area contributed by atoms with Crippen LogP contribution in [-0.4, -0.2) is 44.0 Å². The van der Waals surface area contributed by atoms with Gasteiger partial charge in [-0.05, 0) is 30.5 Å². The summed E-state index contributed by atoms with van der Waals surface area (Å²) < 4.78 is 10.5. The number of amides is 2. The van der Waals surface area contributed by atoms with Gasteiger partial charge in [0.05, 0.1) is 20.1 Å². The summed E-state index contributed by atoms with van der Waals surface area (Å²) in [5.41, 5.74) is 0.940. The van der Waals surface area contributed by atoms with Crippen molar-refractivity contribution in [2.75, 3.05) is 27.3 Å². The minimum absolute atomic E-state index is 0.00858. The molecule has 0 aromatic heterocycles. The summed E-state index contributed by atoms with van der Waals surface area (Å²) in [6, 6.07) is 5.56. The number of nitrogens with zero attached hydrogens (tertiary/aromatic N) is 1. The third-order valence-electron chi connectivity index (χ3n) is 4.15. The Hall–Kier alpha value is -2.24. The second-order valence-electron chi connectivity index (χ2n) is 5.71. The molecular weight excluding hydrogens is 296 g/mol. The number of carbonyl (C=O) groups excluding carboxylic acids is 2. The fourth-order valence-corrected chi connectivity index (χ4v) is 2.80. The predicted octanol–water partition coefficient (Wildman–Crippen LogP) is 1.58. The molecule has 1 N–H and O–H groups in total. The maximum Gasteiger partial charge on any atom is 0.225 e.